The van der Waals surface area contributed by atoms with Gasteiger partial charge in [-0.1, -0.05) is 24.4 Å². The number of hydrogen-bond acceptors (Lipinski definition) is 4. The van der Waals surface area contributed by atoms with E-state index in [0.717, 1.165) is 25.0 Å². The second kappa shape index (κ2) is 7.07. The van der Waals surface area contributed by atoms with Gasteiger partial charge in [-0.25, -0.2) is 4.98 Å². The number of rotatable bonds is 4. The normalized spacial score (nSPS) is 15.4. The highest BCUT2D eigenvalue weighted by Crippen LogP contribution is 2.34. The van der Waals surface area contributed by atoms with Gasteiger partial charge < -0.3 is 10.6 Å². The van der Waals surface area contributed by atoms with Crippen LogP contribution in [0.15, 0.2) is 24.3 Å². The summed E-state index contributed by atoms with van der Waals surface area (Å²) < 4.78 is 38.6. The Morgan fingerprint density at radius 3 is 2.52 bits per heavy atom. The van der Waals surface area contributed by atoms with E-state index in [-0.39, 0.29) is 16.7 Å². The van der Waals surface area contributed by atoms with Crippen molar-refractivity contribution in [2.75, 3.05) is 10.6 Å². The van der Waals surface area contributed by atoms with Gasteiger partial charge in [-0.15, -0.1) is 0 Å². The zero-order chi connectivity index (χ0) is 18.0. The summed E-state index contributed by atoms with van der Waals surface area (Å²) in [5, 5.41) is 6.32. The van der Waals surface area contributed by atoms with E-state index in [1.807, 2.05) is 6.07 Å². The van der Waals surface area contributed by atoms with Crippen molar-refractivity contribution in [2.45, 2.75) is 44.8 Å². The predicted molar refractivity (Wildman–Crippen MR) is 92.4 cm³/mol. The van der Waals surface area contributed by atoms with Crippen LogP contribution in [0.5, 0.6) is 0 Å². The second-order valence-electron chi connectivity index (χ2n) is 6.16. The average Bonchev–Trinajstić information content (AvgIpc) is 3.00. The van der Waals surface area contributed by atoms with Crippen molar-refractivity contribution < 1.29 is 13.2 Å². The van der Waals surface area contributed by atoms with Crippen molar-refractivity contribution in [2.24, 2.45) is 0 Å². The van der Waals surface area contributed by atoms with E-state index in [0.29, 0.717) is 17.6 Å². The molecule has 4 nitrogen and oxygen atoms in total. The molecule has 0 unspecified atom stereocenters. The van der Waals surface area contributed by atoms with Crippen LogP contribution in [-0.2, 0) is 6.18 Å². The number of hydrogen-bond donors (Lipinski definition) is 2. The van der Waals surface area contributed by atoms with Crippen molar-refractivity contribution in [1.29, 1.82) is 0 Å². The quantitative estimate of drug-likeness (QED) is 0.740. The van der Waals surface area contributed by atoms with Crippen LogP contribution in [0.1, 0.15) is 36.9 Å². The van der Waals surface area contributed by atoms with Gasteiger partial charge in [0.25, 0.3) is 0 Å². The monoisotopic (exact) mass is 370 g/mol. The van der Waals surface area contributed by atoms with E-state index >= 15 is 0 Å². The summed E-state index contributed by atoms with van der Waals surface area (Å²) in [6, 6.07) is 5.30. The molecule has 1 aliphatic carbocycles. The van der Waals surface area contributed by atoms with Crippen LogP contribution in [0.4, 0.5) is 30.6 Å². The molecule has 0 radical (unpaired) electrons. The molecule has 1 saturated carbocycles. The zero-order valence-electron chi connectivity index (χ0n) is 13.6. The summed E-state index contributed by atoms with van der Waals surface area (Å²) >= 11 is 6.01. The lowest BCUT2D eigenvalue weighted by molar-refractivity contribution is -0.137. The molecule has 1 aromatic heterocycles. The SMILES string of the molecule is Cc1cc(NC2CCCC2)nc(Nc2cc(C(F)(F)F)ccc2Cl)n1. The van der Waals surface area contributed by atoms with Gasteiger partial charge in [-0.05, 0) is 38.0 Å². The first-order valence-corrected chi connectivity index (χ1v) is 8.45. The number of halogens is 4. The fourth-order valence-electron chi connectivity index (χ4n) is 2.90. The molecule has 0 atom stereocenters. The molecule has 0 bridgehead atoms. The van der Waals surface area contributed by atoms with Crippen LogP contribution in [-0.4, -0.2) is 16.0 Å². The van der Waals surface area contributed by atoms with Crippen LogP contribution >= 0.6 is 11.6 Å². The molecular formula is C17H18ClF3N4. The van der Waals surface area contributed by atoms with Gasteiger partial charge in [0.2, 0.25) is 5.95 Å². The van der Waals surface area contributed by atoms with Crippen molar-refractivity contribution in [1.82, 2.24) is 9.97 Å². The molecule has 25 heavy (non-hydrogen) atoms. The average molecular weight is 371 g/mol. The number of nitrogens with zero attached hydrogens (tertiary/aromatic N) is 2. The number of nitrogens with one attached hydrogen (secondary N) is 2. The molecule has 1 aromatic carbocycles. The Hall–Kier alpha value is -2.02. The summed E-state index contributed by atoms with van der Waals surface area (Å²) in [4.78, 5) is 8.59. The minimum atomic E-state index is -4.44. The molecule has 2 aromatic rings. The highest BCUT2D eigenvalue weighted by molar-refractivity contribution is 6.33. The Bertz CT molecular complexity index is 758. The van der Waals surface area contributed by atoms with Gasteiger partial charge in [0.15, 0.2) is 0 Å². The number of aryl methyl sites for hydroxylation is 1. The Morgan fingerprint density at radius 2 is 1.84 bits per heavy atom. The van der Waals surface area contributed by atoms with E-state index < -0.39 is 11.7 Å². The molecule has 2 N–H and O–H groups in total. The summed E-state index contributed by atoms with van der Waals surface area (Å²) in [6.45, 7) is 1.81. The maximum Gasteiger partial charge on any atom is 0.416 e. The summed E-state index contributed by atoms with van der Waals surface area (Å²) in [5.74, 6) is 0.867. The largest absolute Gasteiger partial charge is 0.416 e. The smallest absolute Gasteiger partial charge is 0.367 e. The lowest BCUT2D eigenvalue weighted by Crippen LogP contribution is -2.16. The Balaban J connectivity index is 1.83. The van der Waals surface area contributed by atoms with Gasteiger partial charge in [0.05, 0.1) is 16.3 Å². The number of alkyl halides is 3. The molecular weight excluding hydrogens is 353 g/mol. The zero-order valence-corrected chi connectivity index (χ0v) is 14.4. The molecule has 8 heteroatoms. The highest BCUT2D eigenvalue weighted by Gasteiger charge is 2.31. The molecule has 1 aliphatic rings. The molecule has 0 saturated heterocycles. The van der Waals surface area contributed by atoms with E-state index in [1.165, 1.54) is 18.9 Å². The maximum absolute atomic E-state index is 12.9. The number of aromatic nitrogens is 2. The van der Waals surface area contributed by atoms with Crippen LogP contribution in [0.2, 0.25) is 5.02 Å². The lowest BCUT2D eigenvalue weighted by atomic mass is 10.2. The van der Waals surface area contributed by atoms with Gasteiger partial charge in [0.1, 0.15) is 5.82 Å². The minimum Gasteiger partial charge on any atom is -0.367 e. The third-order valence-electron chi connectivity index (χ3n) is 4.10. The van der Waals surface area contributed by atoms with Gasteiger partial charge in [-0.3, -0.25) is 0 Å². The summed E-state index contributed by atoms with van der Waals surface area (Å²) in [6.07, 6.45) is 0.111. The molecule has 134 valence electrons. The van der Waals surface area contributed by atoms with Crippen LogP contribution in [0.3, 0.4) is 0 Å². The molecule has 1 fully saturated rings. The van der Waals surface area contributed by atoms with E-state index in [1.54, 1.807) is 6.92 Å². The Kier molecular flexibility index (Phi) is 5.03. The Labute approximate surface area is 148 Å². The summed E-state index contributed by atoms with van der Waals surface area (Å²) in [7, 11) is 0. The molecule has 0 amide bonds. The van der Waals surface area contributed by atoms with Gasteiger partial charge >= 0.3 is 6.18 Å². The third kappa shape index (κ3) is 4.54. The van der Waals surface area contributed by atoms with E-state index in [9.17, 15) is 13.2 Å². The predicted octanol–water partition coefficient (Wildman–Crippen LogP) is 5.56. The fourth-order valence-corrected chi connectivity index (χ4v) is 3.06. The lowest BCUT2D eigenvalue weighted by Gasteiger charge is -2.15. The van der Waals surface area contributed by atoms with Crippen molar-refractivity contribution in [3.63, 3.8) is 0 Å². The molecule has 3 rings (SSSR count). The van der Waals surface area contributed by atoms with E-state index in [2.05, 4.69) is 20.6 Å². The maximum atomic E-state index is 12.9. The van der Waals surface area contributed by atoms with Crippen molar-refractivity contribution in [3.8, 4) is 0 Å². The second-order valence-corrected chi connectivity index (χ2v) is 6.57. The molecule has 0 spiro atoms. The fraction of sp³-hybridized carbons (Fsp3) is 0.412. The van der Waals surface area contributed by atoms with Gasteiger partial charge in [-0.2, -0.15) is 18.2 Å². The number of benzene rings is 1. The molecule has 1 heterocycles. The first-order valence-electron chi connectivity index (χ1n) is 8.07. The van der Waals surface area contributed by atoms with Crippen molar-refractivity contribution >= 4 is 29.1 Å². The molecule has 0 aliphatic heterocycles. The van der Waals surface area contributed by atoms with Gasteiger partial charge in [0, 0.05) is 17.8 Å². The van der Waals surface area contributed by atoms with Crippen LogP contribution < -0.4 is 10.6 Å². The van der Waals surface area contributed by atoms with Crippen LogP contribution in [0.25, 0.3) is 0 Å². The highest BCUT2D eigenvalue weighted by atomic mass is 35.5. The van der Waals surface area contributed by atoms with E-state index in [4.69, 9.17) is 11.6 Å². The van der Waals surface area contributed by atoms with Crippen LogP contribution in [0, 0.1) is 6.92 Å². The van der Waals surface area contributed by atoms with Crippen molar-refractivity contribution in [3.05, 3.63) is 40.5 Å². The number of anilines is 3. The first-order chi connectivity index (χ1) is 11.8. The topological polar surface area (TPSA) is 49.8 Å². The standard InChI is InChI=1S/C17H18ClF3N4/c1-10-8-15(23-12-4-2-3-5-12)25-16(22-10)24-14-9-11(17(19,20)21)6-7-13(14)18/h6-9,12H,2-5H2,1H3,(H2,22,23,24,25). The minimum absolute atomic E-state index is 0.119. The Morgan fingerprint density at radius 1 is 1.12 bits per heavy atom. The third-order valence-corrected chi connectivity index (χ3v) is 4.43. The summed E-state index contributed by atoms with van der Waals surface area (Å²) in [5.41, 5.74) is 0.0476. The first kappa shape index (κ1) is 17.8.